The molecular formula is C17H35NO5Si. The van der Waals surface area contributed by atoms with Crippen LogP contribution in [0.4, 0.5) is 0 Å². The van der Waals surface area contributed by atoms with Gasteiger partial charge in [0.15, 0.2) is 14.1 Å². The number of methoxy groups -OCH3 is 1. The van der Waals surface area contributed by atoms with Crippen molar-refractivity contribution in [2.75, 3.05) is 27.1 Å². The number of fused-ring (bicyclic) bond motifs is 1. The van der Waals surface area contributed by atoms with Crippen LogP contribution in [0, 0.1) is 0 Å². The van der Waals surface area contributed by atoms with Gasteiger partial charge in [0.2, 0.25) is 0 Å². The van der Waals surface area contributed by atoms with Crippen molar-refractivity contribution >= 4 is 8.32 Å². The van der Waals surface area contributed by atoms with E-state index >= 15 is 0 Å². The first-order valence-electron chi connectivity index (χ1n) is 8.80. The summed E-state index contributed by atoms with van der Waals surface area (Å²) in [4.78, 5) is 0. The highest BCUT2D eigenvalue weighted by atomic mass is 28.4. The number of rotatable bonds is 6. The van der Waals surface area contributed by atoms with E-state index < -0.39 is 14.1 Å². The molecule has 0 aromatic carbocycles. The van der Waals surface area contributed by atoms with Crippen molar-refractivity contribution in [3.8, 4) is 0 Å². The van der Waals surface area contributed by atoms with Gasteiger partial charge in [-0.3, -0.25) is 0 Å². The lowest BCUT2D eigenvalue weighted by Gasteiger charge is -2.42. The Morgan fingerprint density at radius 2 is 1.88 bits per heavy atom. The molecule has 2 saturated heterocycles. The third-order valence-electron chi connectivity index (χ3n) is 5.33. The lowest BCUT2D eigenvalue weighted by molar-refractivity contribution is -0.174. The molecule has 0 radical (unpaired) electrons. The summed E-state index contributed by atoms with van der Waals surface area (Å²) in [5, 5.41) is 3.71. The Bertz CT molecular complexity index is 424. The average molecular weight is 362 g/mol. The Hall–Kier alpha value is -0.0231. The van der Waals surface area contributed by atoms with Gasteiger partial charge >= 0.3 is 0 Å². The van der Waals surface area contributed by atoms with E-state index in [9.17, 15) is 0 Å². The third-order valence-corrected chi connectivity index (χ3v) is 9.83. The molecule has 0 aliphatic carbocycles. The van der Waals surface area contributed by atoms with E-state index in [1.165, 1.54) is 0 Å². The second kappa shape index (κ2) is 7.30. The molecule has 4 atom stereocenters. The highest BCUT2D eigenvalue weighted by Crippen LogP contribution is 2.38. The summed E-state index contributed by atoms with van der Waals surface area (Å²) in [6.07, 6.45) is -0.273. The largest absolute Gasteiger partial charge is 0.415 e. The van der Waals surface area contributed by atoms with Gasteiger partial charge in [0, 0.05) is 13.7 Å². The summed E-state index contributed by atoms with van der Waals surface area (Å²) in [6, 6.07) is 0.0630. The molecule has 24 heavy (non-hydrogen) atoms. The summed E-state index contributed by atoms with van der Waals surface area (Å²) < 4.78 is 29.5. The molecule has 2 aliphatic heterocycles. The van der Waals surface area contributed by atoms with Gasteiger partial charge in [-0.15, -0.1) is 0 Å². The first-order chi connectivity index (χ1) is 11.0. The molecule has 1 N–H and O–H groups in total. The van der Waals surface area contributed by atoms with E-state index in [1.807, 2.05) is 13.8 Å². The van der Waals surface area contributed by atoms with Gasteiger partial charge in [-0.1, -0.05) is 20.8 Å². The van der Waals surface area contributed by atoms with Crippen LogP contribution < -0.4 is 5.32 Å². The molecule has 0 saturated carbocycles. The molecule has 2 aliphatic rings. The molecule has 2 fully saturated rings. The molecule has 6 nitrogen and oxygen atoms in total. The number of ether oxygens (including phenoxy) is 4. The van der Waals surface area contributed by atoms with Gasteiger partial charge in [0.25, 0.3) is 0 Å². The zero-order valence-electron chi connectivity index (χ0n) is 16.5. The van der Waals surface area contributed by atoms with E-state index in [2.05, 4.69) is 39.2 Å². The van der Waals surface area contributed by atoms with Gasteiger partial charge in [-0.2, -0.15) is 0 Å². The van der Waals surface area contributed by atoms with Crippen molar-refractivity contribution in [2.24, 2.45) is 0 Å². The maximum Gasteiger partial charge on any atom is 0.192 e. The predicted molar refractivity (Wildman–Crippen MR) is 95.5 cm³/mol. The van der Waals surface area contributed by atoms with E-state index in [4.69, 9.17) is 23.4 Å². The summed E-state index contributed by atoms with van der Waals surface area (Å²) in [5.74, 6) is -0.582. The van der Waals surface area contributed by atoms with Gasteiger partial charge < -0.3 is 28.7 Å². The number of hydrogen-bond acceptors (Lipinski definition) is 6. The molecule has 0 amide bonds. The first-order valence-corrected chi connectivity index (χ1v) is 11.7. The monoisotopic (exact) mass is 361 g/mol. The van der Waals surface area contributed by atoms with Gasteiger partial charge in [-0.05, 0) is 32.0 Å². The number of nitrogens with one attached hydrogen (secondary N) is 1. The van der Waals surface area contributed by atoms with Crippen molar-refractivity contribution in [3.63, 3.8) is 0 Å². The Balaban J connectivity index is 2.05. The maximum atomic E-state index is 6.40. The fourth-order valence-corrected chi connectivity index (χ4v) is 3.97. The van der Waals surface area contributed by atoms with Crippen LogP contribution in [0.3, 0.4) is 0 Å². The molecule has 2 heterocycles. The lowest BCUT2D eigenvalue weighted by Crippen LogP contribution is -2.62. The average Bonchev–Trinajstić information content (AvgIpc) is 2.76. The molecule has 0 aromatic heterocycles. The minimum absolute atomic E-state index is 0.00835. The van der Waals surface area contributed by atoms with E-state index in [-0.39, 0.29) is 36.2 Å². The molecule has 2 rings (SSSR count). The van der Waals surface area contributed by atoms with Gasteiger partial charge in [0.1, 0.15) is 25.1 Å². The summed E-state index contributed by atoms with van der Waals surface area (Å²) in [7, 11) is -0.181. The number of piperidine rings is 1. The van der Waals surface area contributed by atoms with Crippen LogP contribution in [-0.4, -0.2) is 65.5 Å². The Labute approximate surface area is 147 Å². The van der Waals surface area contributed by atoms with Crippen molar-refractivity contribution < 1.29 is 23.4 Å². The van der Waals surface area contributed by atoms with E-state index in [0.717, 1.165) is 6.54 Å². The zero-order valence-corrected chi connectivity index (χ0v) is 17.5. The quantitative estimate of drug-likeness (QED) is 0.579. The van der Waals surface area contributed by atoms with Crippen molar-refractivity contribution in [2.45, 2.75) is 82.9 Å². The molecule has 142 valence electrons. The molecule has 7 heteroatoms. The van der Waals surface area contributed by atoms with E-state index in [0.29, 0.717) is 6.61 Å². The standard InChI is InChI=1S/C17H35NO5Si/c1-16(2,3)24(7,8)21-10-12-14(20-11-19-6)15-13(9-18-12)22-17(4,5)23-15/h12-15,18H,9-11H2,1-8H3/t12-,13-,14-,15-/m1/s1. The maximum absolute atomic E-state index is 6.40. The SMILES string of the molecule is COCO[C@H]1[C@@H]2OC(C)(C)O[C@@H]2CN[C@@H]1CO[Si](C)(C)C(C)(C)C. The van der Waals surface area contributed by atoms with Gasteiger partial charge in [-0.25, -0.2) is 0 Å². The van der Waals surface area contributed by atoms with Gasteiger partial charge in [0.05, 0.1) is 12.6 Å². The Kier molecular flexibility index (Phi) is 6.18. The molecule has 0 spiro atoms. The van der Waals surface area contributed by atoms with Crippen LogP contribution in [0.25, 0.3) is 0 Å². The molecule has 0 unspecified atom stereocenters. The first kappa shape index (κ1) is 20.3. The smallest absolute Gasteiger partial charge is 0.192 e. The normalized spacial score (nSPS) is 33.5. The Morgan fingerprint density at radius 3 is 2.46 bits per heavy atom. The van der Waals surface area contributed by atoms with Crippen LogP contribution in [0.1, 0.15) is 34.6 Å². The molecular weight excluding hydrogens is 326 g/mol. The van der Waals surface area contributed by atoms with Crippen molar-refractivity contribution in [1.29, 1.82) is 0 Å². The fourth-order valence-electron chi connectivity index (χ4n) is 2.94. The summed E-state index contributed by atoms with van der Waals surface area (Å²) in [5.41, 5.74) is 0. The molecule has 0 bridgehead atoms. The van der Waals surface area contributed by atoms with Crippen LogP contribution in [0.15, 0.2) is 0 Å². The van der Waals surface area contributed by atoms with Crippen LogP contribution in [0.5, 0.6) is 0 Å². The number of hydrogen-bond donors (Lipinski definition) is 1. The van der Waals surface area contributed by atoms with Crippen LogP contribution >= 0.6 is 0 Å². The highest BCUT2D eigenvalue weighted by molar-refractivity contribution is 6.74. The topological polar surface area (TPSA) is 58.2 Å². The van der Waals surface area contributed by atoms with Crippen LogP contribution in [-0.2, 0) is 23.4 Å². The van der Waals surface area contributed by atoms with Crippen LogP contribution in [0.2, 0.25) is 18.1 Å². The second-order valence-corrected chi connectivity index (χ2v) is 13.6. The zero-order chi connectivity index (χ0) is 18.2. The van der Waals surface area contributed by atoms with E-state index in [1.54, 1.807) is 7.11 Å². The minimum atomic E-state index is -1.81. The Morgan fingerprint density at radius 1 is 1.21 bits per heavy atom. The molecule has 0 aromatic rings. The van der Waals surface area contributed by atoms with Crippen molar-refractivity contribution in [1.82, 2.24) is 5.32 Å². The van der Waals surface area contributed by atoms with Crippen molar-refractivity contribution in [3.05, 3.63) is 0 Å². The lowest BCUT2D eigenvalue weighted by atomic mass is 9.96. The second-order valence-electron chi connectivity index (χ2n) is 8.76. The highest BCUT2D eigenvalue weighted by Gasteiger charge is 2.51. The predicted octanol–water partition coefficient (Wildman–Crippen LogP) is 2.49. The third kappa shape index (κ3) is 4.57. The summed E-state index contributed by atoms with van der Waals surface area (Å²) >= 11 is 0. The summed E-state index contributed by atoms with van der Waals surface area (Å²) in [6.45, 7) is 16.8. The fraction of sp³-hybridized carbons (Fsp3) is 1.00. The minimum Gasteiger partial charge on any atom is -0.415 e.